The molecule has 0 radical (unpaired) electrons. The summed E-state index contributed by atoms with van der Waals surface area (Å²) in [7, 11) is 0. The van der Waals surface area contributed by atoms with Crippen molar-refractivity contribution in [1.82, 2.24) is 4.90 Å². The summed E-state index contributed by atoms with van der Waals surface area (Å²) >= 11 is 12.4. The molecular formula is C24H24ClNO10S2. The molecule has 0 bridgehead atoms. The van der Waals surface area contributed by atoms with Gasteiger partial charge in [0, 0.05) is 32.7 Å². The lowest BCUT2D eigenvalue weighted by Gasteiger charge is -2.46. The number of halogens is 1. The summed E-state index contributed by atoms with van der Waals surface area (Å²) in [6, 6.07) is 6.74. The third kappa shape index (κ3) is 7.31. The van der Waals surface area contributed by atoms with E-state index < -0.39 is 67.0 Å². The molecule has 204 valence electrons. The van der Waals surface area contributed by atoms with Gasteiger partial charge in [-0.3, -0.25) is 28.9 Å². The van der Waals surface area contributed by atoms with Crippen molar-refractivity contribution in [2.45, 2.75) is 58.3 Å². The van der Waals surface area contributed by atoms with E-state index in [4.69, 9.17) is 47.5 Å². The van der Waals surface area contributed by atoms with Crippen molar-refractivity contribution in [3.63, 3.8) is 0 Å². The number of hydrogen-bond donors (Lipinski definition) is 0. The van der Waals surface area contributed by atoms with Crippen molar-refractivity contribution in [2.24, 2.45) is 0 Å². The lowest BCUT2D eigenvalue weighted by atomic mass is 9.96. The Kier molecular flexibility index (Phi) is 9.88. The van der Waals surface area contributed by atoms with Crippen molar-refractivity contribution in [1.29, 1.82) is 0 Å². The molecule has 0 aromatic heterocycles. The molecule has 0 N–H and O–H groups in total. The zero-order valence-electron chi connectivity index (χ0n) is 20.7. The second-order valence-corrected chi connectivity index (χ2v) is 10.3. The summed E-state index contributed by atoms with van der Waals surface area (Å²) in [5, 5.41) is 0.521. The van der Waals surface area contributed by atoms with E-state index in [0.717, 1.165) is 44.4 Å². The van der Waals surface area contributed by atoms with E-state index in [-0.39, 0.29) is 9.23 Å². The number of benzene rings is 1. The molecule has 11 nitrogen and oxygen atoms in total. The number of thiocarbonyl (C=S) groups is 1. The topological polar surface area (TPSA) is 135 Å². The fraction of sp³-hybridized carbons (Fsp3) is 0.417. The van der Waals surface area contributed by atoms with Gasteiger partial charge in [0.15, 0.2) is 28.9 Å². The van der Waals surface area contributed by atoms with Crippen molar-refractivity contribution in [3.8, 4) is 0 Å². The highest BCUT2D eigenvalue weighted by Crippen LogP contribution is 2.39. The summed E-state index contributed by atoms with van der Waals surface area (Å²) < 4.78 is 27.4. The molecule has 2 aliphatic heterocycles. The van der Waals surface area contributed by atoms with E-state index >= 15 is 0 Å². The van der Waals surface area contributed by atoms with Crippen LogP contribution in [0.1, 0.15) is 33.3 Å². The van der Waals surface area contributed by atoms with E-state index in [1.807, 2.05) is 0 Å². The smallest absolute Gasteiger partial charge is 0.303 e. The van der Waals surface area contributed by atoms with Crippen LogP contribution in [0.3, 0.4) is 0 Å². The van der Waals surface area contributed by atoms with Gasteiger partial charge in [-0.1, -0.05) is 47.7 Å². The van der Waals surface area contributed by atoms with Crippen LogP contribution in [-0.4, -0.2) is 76.3 Å². The molecule has 2 heterocycles. The van der Waals surface area contributed by atoms with E-state index in [0.29, 0.717) is 10.6 Å². The average molecular weight is 586 g/mol. The molecule has 14 heteroatoms. The Balaban J connectivity index is 2.04. The third-order valence-corrected chi connectivity index (χ3v) is 6.79. The van der Waals surface area contributed by atoms with Crippen molar-refractivity contribution in [3.05, 3.63) is 39.8 Å². The van der Waals surface area contributed by atoms with Crippen LogP contribution in [0.25, 0.3) is 6.08 Å². The second kappa shape index (κ2) is 12.7. The molecule has 3 rings (SSSR count). The molecule has 1 aromatic rings. The predicted octanol–water partition coefficient (Wildman–Crippen LogP) is 2.62. The normalized spacial score (nSPS) is 26.2. The Hall–Kier alpha value is -3.00. The molecule has 0 unspecified atom stereocenters. The zero-order chi connectivity index (χ0) is 28.1. The number of hydrogen-bond acceptors (Lipinski definition) is 12. The fourth-order valence-electron chi connectivity index (χ4n) is 3.82. The first kappa shape index (κ1) is 29.6. The van der Waals surface area contributed by atoms with Crippen LogP contribution in [-0.2, 0) is 47.7 Å². The Morgan fingerprint density at radius 2 is 1.50 bits per heavy atom. The summed E-state index contributed by atoms with van der Waals surface area (Å²) in [6.07, 6.45) is -5.26. The SMILES string of the molecule is CC(=O)OC[C@@H]1O[C@H](N2C(=O)/C(=C\c3ccc(Cl)cc3)SC2=S)[C@H](OC(C)=O)[C@H](OC(C)=O)[C@@H]1OC(C)=O. The van der Waals surface area contributed by atoms with Gasteiger partial charge in [-0.25, -0.2) is 0 Å². The number of nitrogens with zero attached hydrogens (tertiary/aromatic N) is 1. The lowest BCUT2D eigenvalue weighted by molar-refractivity contribution is -0.268. The zero-order valence-corrected chi connectivity index (χ0v) is 23.1. The molecule has 38 heavy (non-hydrogen) atoms. The minimum atomic E-state index is -1.45. The van der Waals surface area contributed by atoms with Crippen LogP contribution in [0, 0.1) is 0 Å². The molecule has 1 amide bonds. The van der Waals surface area contributed by atoms with Gasteiger partial charge >= 0.3 is 23.9 Å². The van der Waals surface area contributed by atoms with Crippen LogP contribution in [0.5, 0.6) is 0 Å². The molecule has 2 aliphatic rings. The van der Waals surface area contributed by atoms with Gasteiger partial charge in [-0.15, -0.1) is 0 Å². The van der Waals surface area contributed by atoms with Crippen LogP contribution in [0.4, 0.5) is 0 Å². The highest BCUT2D eigenvalue weighted by molar-refractivity contribution is 8.26. The van der Waals surface area contributed by atoms with Gasteiger partial charge in [0.25, 0.3) is 5.91 Å². The maximum absolute atomic E-state index is 13.5. The minimum absolute atomic E-state index is 0.0658. The van der Waals surface area contributed by atoms with Crippen LogP contribution in [0.15, 0.2) is 29.2 Å². The van der Waals surface area contributed by atoms with E-state index in [9.17, 15) is 24.0 Å². The standard InChI is InChI=1S/C24H24ClNO10S2/c1-11(27)32-10-17-19(33-12(2)28)20(34-13(3)29)21(35-14(4)30)23(36-17)26-22(31)18(38-24(26)37)9-15-5-7-16(25)8-6-15/h5-9,17,19-21,23H,10H2,1-4H3/b18-9+/t17-,19+,20+,21+,23-/m0/s1. The summed E-state index contributed by atoms with van der Waals surface area (Å²) in [6.45, 7) is 4.07. The lowest BCUT2D eigenvalue weighted by Crippen LogP contribution is -2.66. The molecular weight excluding hydrogens is 562 g/mol. The summed E-state index contributed by atoms with van der Waals surface area (Å²) in [5.41, 5.74) is 0.677. The van der Waals surface area contributed by atoms with Crippen LogP contribution >= 0.6 is 35.6 Å². The van der Waals surface area contributed by atoms with E-state index in [1.165, 1.54) is 0 Å². The number of rotatable bonds is 7. The molecule has 0 aliphatic carbocycles. The number of esters is 4. The summed E-state index contributed by atoms with van der Waals surface area (Å²) in [4.78, 5) is 62.3. The Morgan fingerprint density at radius 1 is 0.947 bits per heavy atom. The maximum atomic E-state index is 13.5. The van der Waals surface area contributed by atoms with Crippen LogP contribution in [0.2, 0.25) is 5.02 Å². The molecule has 5 atom stereocenters. The highest BCUT2D eigenvalue weighted by Gasteiger charge is 2.56. The van der Waals surface area contributed by atoms with Gasteiger partial charge in [0.05, 0.1) is 4.91 Å². The van der Waals surface area contributed by atoms with Gasteiger partial charge in [0.2, 0.25) is 0 Å². The molecule has 2 fully saturated rings. The van der Waals surface area contributed by atoms with E-state index in [2.05, 4.69) is 0 Å². The van der Waals surface area contributed by atoms with Gasteiger partial charge in [-0.2, -0.15) is 0 Å². The third-order valence-electron chi connectivity index (χ3n) is 5.21. The van der Waals surface area contributed by atoms with E-state index in [1.54, 1.807) is 30.3 Å². The molecule has 0 saturated carbocycles. The highest BCUT2D eigenvalue weighted by atomic mass is 35.5. The van der Waals surface area contributed by atoms with Gasteiger partial charge in [-0.05, 0) is 23.8 Å². The van der Waals surface area contributed by atoms with Crippen LogP contribution < -0.4 is 0 Å². The van der Waals surface area contributed by atoms with Crippen molar-refractivity contribution < 1.29 is 47.7 Å². The van der Waals surface area contributed by atoms with Gasteiger partial charge in [0.1, 0.15) is 12.7 Å². The fourth-order valence-corrected chi connectivity index (χ4v) is 5.26. The number of ether oxygens (including phenoxy) is 5. The molecule has 1 aromatic carbocycles. The average Bonchev–Trinajstić information content (AvgIpc) is 3.08. The number of carbonyl (C=O) groups is 5. The Bertz CT molecular complexity index is 1170. The minimum Gasteiger partial charge on any atom is -0.463 e. The number of thioether (sulfide) groups is 1. The van der Waals surface area contributed by atoms with Gasteiger partial charge < -0.3 is 23.7 Å². The second-order valence-electron chi connectivity index (χ2n) is 8.19. The van der Waals surface area contributed by atoms with Crippen molar-refractivity contribution in [2.75, 3.05) is 6.61 Å². The molecule has 0 spiro atoms. The van der Waals surface area contributed by atoms with Crippen molar-refractivity contribution >= 4 is 75.8 Å². The first-order valence-electron chi connectivity index (χ1n) is 11.2. The first-order chi connectivity index (χ1) is 17.9. The first-order valence-corrected chi connectivity index (χ1v) is 12.8. The summed E-state index contributed by atoms with van der Waals surface area (Å²) in [5.74, 6) is -3.57. The number of amides is 1. The Labute approximate surface area is 232 Å². The largest absolute Gasteiger partial charge is 0.463 e. The molecule has 2 saturated heterocycles. The number of carbonyl (C=O) groups excluding carboxylic acids is 5. The quantitative estimate of drug-likeness (QED) is 0.201. The Morgan fingerprint density at radius 3 is 2.05 bits per heavy atom. The maximum Gasteiger partial charge on any atom is 0.303 e. The predicted molar refractivity (Wildman–Crippen MR) is 138 cm³/mol. The monoisotopic (exact) mass is 585 g/mol.